The number of rotatable bonds is 11. The van der Waals surface area contributed by atoms with Gasteiger partial charge in [-0.15, -0.1) is 0 Å². The van der Waals surface area contributed by atoms with Crippen molar-refractivity contribution in [3.63, 3.8) is 0 Å². The number of aliphatic hydroxyl groups is 2. The van der Waals surface area contributed by atoms with Crippen molar-refractivity contribution in [3.05, 3.63) is 0 Å². The van der Waals surface area contributed by atoms with Crippen LogP contribution in [0.4, 0.5) is 0 Å². The van der Waals surface area contributed by atoms with Gasteiger partial charge in [0.05, 0.1) is 26.4 Å². The Morgan fingerprint density at radius 1 is 0.812 bits per heavy atom. The van der Waals surface area contributed by atoms with Crippen molar-refractivity contribution >= 4 is 0 Å². The summed E-state index contributed by atoms with van der Waals surface area (Å²) in [5.74, 6) is 0. The van der Waals surface area contributed by atoms with E-state index in [0.29, 0.717) is 26.4 Å². The number of aliphatic hydroxyl groups excluding tert-OH is 2. The molecule has 0 aliphatic heterocycles. The van der Waals surface area contributed by atoms with Crippen molar-refractivity contribution in [2.75, 3.05) is 39.6 Å². The van der Waals surface area contributed by atoms with Gasteiger partial charge in [-0.3, -0.25) is 0 Å². The zero-order chi connectivity index (χ0) is 12.2. The van der Waals surface area contributed by atoms with Crippen molar-refractivity contribution in [2.45, 2.75) is 26.4 Å². The van der Waals surface area contributed by atoms with Gasteiger partial charge in [0, 0.05) is 13.2 Å². The molecular weight excluding hydrogens is 216 g/mol. The molecule has 0 amide bonds. The third kappa shape index (κ3) is 10.3. The molecule has 0 aromatic carbocycles. The minimum Gasteiger partial charge on any atom is -0.374 e. The second kappa shape index (κ2) is 11.3. The van der Waals surface area contributed by atoms with Crippen LogP contribution in [0.5, 0.6) is 0 Å². The first-order chi connectivity index (χ1) is 7.70. The van der Waals surface area contributed by atoms with Crippen molar-refractivity contribution in [3.8, 4) is 0 Å². The first-order valence-electron chi connectivity index (χ1n) is 5.45. The maximum atomic E-state index is 9.12. The van der Waals surface area contributed by atoms with E-state index in [0.717, 1.165) is 0 Å². The summed E-state index contributed by atoms with van der Waals surface area (Å²) in [4.78, 5) is 0. The Bertz CT molecular complexity index is 127. The molecule has 6 nitrogen and oxygen atoms in total. The molecule has 0 heterocycles. The zero-order valence-corrected chi connectivity index (χ0v) is 9.92. The molecule has 0 radical (unpaired) electrons. The molecule has 0 spiro atoms. The summed E-state index contributed by atoms with van der Waals surface area (Å²) in [6.07, 6.45) is -1.78. The normalized spacial score (nSPS) is 15.0. The van der Waals surface area contributed by atoms with Gasteiger partial charge in [0.1, 0.15) is 0 Å². The van der Waals surface area contributed by atoms with E-state index in [4.69, 9.17) is 29.2 Å². The van der Waals surface area contributed by atoms with Crippen LogP contribution in [-0.2, 0) is 18.9 Å². The highest BCUT2D eigenvalue weighted by Crippen LogP contribution is 1.90. The largest absolute Gasteiger partial charge is 0.374 e. The van der Waals surface area contributed by atoms with Crippen LogP contribution >= 0.6 is 0 Å². The Labute approximate surface area is 96.1 Å². The maximum Gasteiger partial charge on any atom is 0.178 e. The van der Waals surface area contributed by atoms with Gasteiger partial charge in [-0.1, -0.05) is 0 Å². The molecule has 0 fully saturated rings. The molecule has 0 saturated carbocycles. The van der Waals surface area contributed by atoms with Crippen LogP contribution in [0.15, 0.2) is 0 Å². The molecule has 0 aliphatic rings. The average Bonchev–Trinajstić information content (AvgIpc) is 2.24. The Kier molecular flexibility index (Phi) is 11.1. The fourth-order valence-electron chi connectivity index (χ4n) is 0.967. The molecule has 2 N–H and O–H groups in total. The van der Waals surface area contributed by atoms with Crippen LogP contribution in [0.1, 0.15) is 13.8 Å². The Morgan fingerprint density at radius 3 is 1.50 bits per heavy atom. The van der Waals surface area contributed by atoms with Crippen molar-refractivity contribution < 1.29 is 29.2 Å². The minimum atomic E-state index is -0.890. The summed E-state index contributed by atoms with van der Waals surface area (Å²) in [5.41, 5.74) is 0. The molecule has 0 aromatic heterocycles. The maximum absolute atomic E-state index is 9.12. The highest BCUT2D eigenvalue weighted by atomic mass is 16.6. The highest BCUT2D eigenvalue weighted by Gasteiger charge is 2.04. The zero-order valence-electron chi connectivity index (χ0n) is 9.92. The Morgan fingerprint density at radius 2 is 1.19 bits per heavy atom. The van der Waals surface area contributed by atoms with E-state index >= 15 is 0 Å². The third-order valence-corrected chi connectivity index (χ3v) is 1.61. The molecule has 0 aromatic rings. The Balaban J connectivity index is 3.15. The van der Waals surface area contributed by atoms with Crippen molar-refractivity contribution in [2.24, 2.45) is 0 Å². The molecule has 0 aliphatic carbocycles. The van der Waals surface area contributed by atoms with Crippen LogP contribution in [0.2, 0.25) is 0 Å². The predicted molar refractivity (Wildman–Crippen MR) is 56.9 cm³/mol. The van der Waals surface area contributed by atoms with Gasteiger partial charge in [0.25, 0.3) is 0 Å². The summed E-state index contributed by atoms with van der Waals surface area (Å²) < 4.78 is 19.8. The van der Waals surface area contributed by atoms with Crippen LogP contribution in [0.3, 0.4) is 0 Å². The van der Waals surface area contributed by atoms with E-state index in [1.807, 2.05) is 0 Å². The van der Waals surface area contributed by atoms with E-state index < -0.39 is 12.6 Å². The van der Waals surface area contributed by atoms with Crippen LogP contribution in [0, 0.1) is 0 Å². The highest BCUT2D eigenvalue weighted by molar-refractivity contribution is 4.39. The molecule has 16 heavy (non-hydrogen) atoms. The number of hydrogen-bond acceptors (Lipinski definition) is 6. The lowest BCUT2D eigenvalue weighted by atomic mass is 10.6. The van der Waals surface area contributed by atoms with Crippen LogP contribution < -0.4 is 0 Å². The molecule has 6 heteroatoms. The molecule has 2 atom stereocenters. The summed E-state index contributed by atoms with van der Waals surface area (Å²) in [5, 5.41) is 18.2. The summed E-state index contributed by atoms with van der Waals surface area (Å²) >= 11 is 0. The van der Waals surface area contributed by atoms with Crippen molar-refractivity contribution in [1.29, 1.82) is 0 Å². The first kappa shape index (κ1) is 15.8. The van der Waals surface area contributed by atoms with E-state index in [2.05, 4.69) is 0 Å². The monoisotopic (exact) mass is 238 g/mol. The standard InChI is InChI=1S/C10H22O6/c1-3-15-9(11)7-13-5-6-14-8-10(12)16-4-2/h9-12H,3-8H2,1-2H3. The van der Waals surface area contributed by atoms with Gasteiger partial charge in [-0.2, -0.15) is 0 Å². The second-order valence-corrected chi connectivity index (χ2v) is 2.97. The molecular formula is C10H22O6. The predicted octanol–water partition coefficient (Wildman–Crippen LogP) is -0.271. The van der Waals surface area contributed by atoms with E-state index in [1.165, 1.54) is 0 Å². The fourth-order valence-corrected chi connectivity index (χ4v) is 0.967. The van der Waals surface area contributed by atoms with Gasteiger partial charge in [-0.25, -0.2) is 0 Å². The lowest BCUT2D eigenvalue weighted by molar-refractivity contribution is -0.151. The van der Waals surface area contributed by atoms with E-state index in [1.54, 1.807) is 13.8 Å². The summed E-state index contributed by atoms with van der Waals surface area (Å²) in [6, 6.07) is 0. The van der Waals surface area contributed by atoms with Crippen molar-refractivity contribution in [1.82, 2.24) is 0 Å². The van der Waals surface area contributed by atoms with E-state index in [-0.39, 0.29) is 13.2 Å². The average molecular weight is 238 g/mol. The van der Waals surface area contributed by atoms with Gasteiger partial charge in [0.15, 0.2) is 12.6 Å². The SMILES string of the molecule is CCOC(O)COCCOCC(O)OCC. The number of ether oxygens (including phenoxy) is 4. The smallest absolute Gasteiger partial charge is 0.178 e. The summed E-state index contributed by atoms with van der Waals surface area (Å²) in [6.45, 7) is 5.38. The minimum absolute atomic E-state index is 0.116. The molecule has 0 rings (SSSR count). The molecule has 98 valence electrons. The Hall–Kier alpha value is -0.240. The molecule has 2 unspecified atom stereocenters. The van der Waals surface area contributed by atoms with Gasteiger partial charge in [-0.05, 0) is 13.8 Å². The second-order valence-electron chi connectivity index (χ2n) is 2.97. The lowest BCUT2D eigenvalue weighted by Crippen LogP contribution is -2.22. The van der Waals surface area contributed by atoms with Gasteiger partial charge < -0.3 is 29.2 Å². The third-order valence-electron chi connectivity index (χ3n) is 1.61. The quantitative estimate of drug-likeness (QED) is 0.381. The van der Waals surface area contributed by atoms with Gasteiger partial charge in [0.2, 0.25) is 0 Å². The fraction of sp³-hybridized carbons (Fsp3) is 1.00. The van der Waals surface area contributed by atoms with Gasteiger partial charge >= 0.3 is 0 Å². The molecule has 0 saturated heterocycles. The van der Waals surface area contributed by atoms with Crippen LogP contribution in [0.25, 0.3) is 0 Å². The lowest BCUT2D eigenvalue weighted by Gasteiger charge is -2.12. The topological polar surface area (TPSA) is 77.4 Å². The molecule has 0 bridgehead atoms. The summed E-state index contributed by atoms with van der Waals surface area (Å²) in [7, 11) is 0. The van der Waals surface area contributed by atoms with E-state index in [9.17, 15) is 0 Å². The number of hydrogen-bond donors (Lipinski definition) is 2. The first-order valence-corrected chi connectivity index (χ1v) is 5.45. The van der Waals surface area contributed by atoms with Crippen LogP contribution in [-0.4, -0.2) is 62.4 Å².